The molecule has 2 rings (SSSR count). The SMILES string of the molecule is CC(C)N(CC(COc1cccc2ccccc12)OC(=O)C(F)(F)F)C(=O)C(F)(F)F. The summed E-state index contributed by atoms with van der Waals surface area (Å²) in [7, 11) is 0. The molecule has 11 heteroatoms. The highest BCUT2D eigenvalue weighted by Crippen LogP contribution is 2.26. The molecule has 1 unspecified atom stereocenters. The van der Waals surface area contributed by atoms with Gasteiger partial charge >= 0.3 is 24.2 Å². The fraction of sp³-hybridized carbons (Fsp3) is 0.400. The number of hydrogen-bond donors (Lipinski definition) is 0. The molecular weight excluding hydrogens is 432 g/mol. The first kappa shape index (κ1) is 24.3. The molecule has 0 heterocycles. The van der Waals surface area contributed by atoms with E-state index in [1.54, 1.807) is 36.4 Å². The normalized spacial score (nSPS) is 13.2. The van der Waals surface area contributed by atoms with Gasteiger partial charge in [-0.3, -0.25) is 4.79 Å². The molecule has 0 radical (unpaired) electrons. The number of halogens is 6. The molecule has 5 nitrogen and oxygen atoms in total. The van der Waals surface area contributed by atoms with E-state index < -0.39 is 49.5 Å². The Morgan fingerprint density at radius 1 is 0.935 bits per heavy atom. The van der Waals surface area contributed by atoms with Crippen molar-refractivity contribution < 1.29 is 45.4 Å². The number of esters is 1. The van der Waals surface area contributed by atoms with Crippen molar-refractivity contribution in [2.75, 3.05) is 13.2 Å². The molecule has 2 aromatic carbocycles. The fourth-order valence-electron chi connectivity index (χ4n) is 2.76. The highest BCUT2D eigenvalue weighted by atomic mass is 19.4. The summed E-state index contributed by atoms with van der Waals surface area (Å²) >= 11 is 0. The van der Waals surface area contributed by atoms with Gasteiger partial charge in [0.1, 0.15) is 12.4 Å². The van der Waals surface area contributed by atoms with Crippen LogP contribution in [0.3, 0.4) is 0 Å². The van der Waals surface area contributed by atoms with Gasteiger partial charge in [-0.1, -0.05) is 36.4 Å². The minimum Gasteiger partial charge on any atom is -0.489 e. The molecule has 1 amide bonds. The van der Waals surface area contributed by atoms with E-state index in [4.69, 9.17) is 4.74 Å². The summed E-state index contributed by atoms with van der Waals surface area (Å²) in [5.74, 6) is -4.63. The average molecular weight is 451 g/mol. The highest BCUT2D eigenvalue weighted by Gasteiger charge is 2.46. The van der Waals surface area contributed by atoms with Crippen molar-refractivity contribution >= 4 is 22.6 Å². The first-order valence-corrected chi connectivity index (χ1v) is 9.07. The van der Waals surface area contributed by atoms with Crippen molar-refractivity contribution in [2.24, 2.45) is 0 Å². The molecule has 0 aliphatic rings. The third-order valence-electron chi connectivity index (χ3n) is 4.21. The third-order valence-corrected chi connectivity index (χ3v) is 4.21. The van der Waals surface area contributed by atoms with Gasteiger partial charge in [0, 0.05) is 11.4 Å². The number of rotatable bonds is 7. The van der Waals surface area contributed by atoms with Crippen LogP contribution in [0.5, 0.6) is 5.75 Å². The number of benzene rings is 2. The molecule has 0 spiro atoms. The van der Waals surface area contributed by atoms with E-state index in [9.17, 15) is 35.9 Å². The van der Waals surface area contributed by atoms with Crippen LogP contribution in [0, 0.1) is 0 Å². The van der Waals surface area contributed by atoms with Crippen molar-refractivity contribution in [2.45, 2.75) is 38.3 Å². The number of carbonyl (C=O) groups excluding carboxylic acids is 2. The minimum atomic E-state index is -5.37. The second-order valence-corrected chi connectivity index (χ2v) is 6.86. The summed E-state index contributed by atoms with van der Waals surface area (Å²) in [5.41, 5.74) is 0. The predicted octanol–water partition coefficient (Wildman–Crippen LogP) is 4.49. The van der Waals surface area contributed by atoms with Crippen LogP contribution in [-0.4, -0.2) is 54.4 Å². The highest BCUT2D eigenvalue weighted by molar-refractivity contribution is 5.88. The molecule has 0 bridgehead atoms. The molecule has 0 saturated heterocycles. The molecule has 1 atom stereocenters. The monoisotopic (exact) mass is 451 g/mol. The first-order valence-electron chi connectivity index (χ1n) is 9.07. The van der Waals surface area contributed by atoms with E-state index in [0.717, 1.165) is 5.39 Å². The second-order valence-electron chi connectivity index (χ2n) is 6.86. The Balaban J connectivity index is 2.27. The van der Waals surface area contributed by atoms with Crippen molar-refractivity contribution in [3.8, 4) is 5.75 Å². The lowest BCUT2D eigenvalue weighted by atomic mass is 10.1. The summed E-state index contributed by atoms with van der Waals surface area (Å²) in [5, 5.41) is 1.35. The Labute approximate surface area is 173 Å². The zero-order valence-electron chi connectivity index (χ0n) is 16.5. The molecule has 170 valence electrons. The van der Waals surface area contributed by atoms with Crippen LogP contribution in [0.15, 0.2) is 42.5 Å². The van der Waals surface area contributed by atoms with Crippen molar-refractivity contribution in [3.05, 3.63) is 42.5 Å². The number of alkyl halides is 6. The van der Waals surface area contributed by atoms with E-state index in [1.807, 2.05) is 0 Å². The molecule has 0 aliphatic heterocycles. The number of ether oxygens (including phenoxy) is 2. The van der Waals surface area contributed by atoms with E-state index >= 15 is 0 Å². The Kier molecular flexibility index (Phi) is 7.40. The van der Waals surface area contributed by atoms with Crippen LogP contribution >= 0.6 is 0 Å². The van der Waals surface area contributed by atoms with Crippen molar-refractivity contribution in [3.63, 3.8) is 0 Å². The second kappa shape index (κ2) is 9.44. The van der Waals surface area contributed by atoms with Gasteiger partial charge in [0.15, 0.2) is 6.10 Å². The lowest BCUT2D eigenvalue weighted by Gasteiger charge is -2.31. The number of hydrogen-bond acceptors (Lipinski definition) is 4. The minimum absolute atomic E-state index is 0.226. The maximum atomic E-state index is 12.9. The Bertz CT molecular complexity index is 921. The van der Waals surface area contributed by atoms with E-state index in [-0.39, 0.29) is 10.6 Å². The van der Waals surface area contributed by atoms with Crippen LogP contribution in [0.4, 0.5) is 26.3 Å². The number of carbonyl (C=O) groups is 2. The average Bonchev–Trinajstić information content (AvgIpc) is 2.67. The maximum absolute atomic E-state index is 12.9. The molecule has 0 saturated carbocycles. The molecule has 0 N–H and O–H groups in total. The van der Waals surface area contributed by atoms with Crippen LogP contribution in [0.2, 0.25) is 0 Å². The number of fused-ring (bicyclic) bond motifs is 1. The fourth-order valence-corrected chi connectivity index (χ4v) is 2.76. The maximum Gasteiger partial charge on any atom is 0.490 e. The van der Waals surface area contributed by atoms with Gasteiger partial charge in [0.05, 0.1) is 6.54 Å². The lowest BCUT2D eigenvalue weighted by molar-refractivity contribution is -0.209. The zero-order valence-corrected chi connectivity index (χ0v) is 16.5. The van der Waals surface area contributed by atoms with Gasteiger partial charge in [0.25, 0.3) is 0 Å². The summed E-state index contributed by atoms with van der Waals surface area (Å²) in [6, 6.07) is 10.7. The number of nitrogens with zero attached hydrogens (tertiary/aromatic N) is 1. The summed E-state index contributed by atoms with van der Waals surface area (Å²) in [6.07, 6.45) is -12.4. The molecule has 31 heavy (non-hydrogen) atoms. The van der Waals surface area contributed by atoms with Crippen LogP contribution in [0.25, 0.3) is 10.8 Å². The predicted molar refractivity (Wildman–Crippen MR) is 98.3 cm³/mol. The Morgan fingerprint density at radius 2 is 1.55 bits per heavy atom. The first-order chi connectivity index (χ1) is 14.3. The van der Waals surface area contributed by atoms with Gasteiger partial charge in [-0.2, -0.15) is 26.3 Å². The van der Waals surface area contributed by atoms with Crippen LogP contribution < -0.4 is 4.74 Å². The van der Waals surface area contributed by atoms with E-state index in [0.29, 0.717) is 5.39 Å². The van der Waals surface area contributed by atoms with Gasteiger partial charge in [0.2, 0.25) is 0 Å². The van der Waals surface area contributed by atoms with Crippen LogP contribution in [0.1, 0.15) is 13.8 Å². The van der Waals surface area contributed by atoms with Crippen molar-refractivity contribution in [1.82, 2.24) is 4.90 Å². The molecule has 0 fully saturated rings. The largest absolute Gasteiger partial charge is 0.490 e. The molecule has 0 aromatic heterocycles. The third kappa shape index (κ3) is 6.50. The summed E-state index contributed by atoms with van der Waals surface area (Å²) in [4.78, 5) is 23.2. The molecule has 0 aliphatic carbocycles. The van der Waals surface area contributed by atoms with Gasteiger partial charge in [-0.05, 0) is 25.3 Å². The molecule has 2 aromatic rings. The topological polar surface area (TPSA) is 55.8 Å². The Hall–Kier alpha value is -2.98. The van der Waals surface area contributed by atoms with Gasteiger partial charge < -0.3 is 14.4 Å². The summed E-state index contributed by atoms with van der Waals surface area (Å²) in [6.45, 7) is 0.850. The summed E-state index contributed by atoms with van der Waals surface area (Å²) < 4.78 is 86.4. The van der Waals surface area contributed by atoms with E-state index in [2.05, 4.69) is 4.74 Å². The van der Waals surface area contributed by atoms with Gasteiger partial charge in [-0.25, -0.2) is 4.79 Å². The van der Waals surface area contributed by atoms with Crippen molar-refractivity contribution in [1.29, 1.82) is 0 Å². The lowest BCUT2D eigenvalue weighted by Crippen LogP contribution is -2.50. The Morgan fingerprint density at radius 3 is 2.13 bits per heavy atom. The number of amides is 1. The van der Waals surface area contributed by atoms with Gasteiger partial charge in [-0.15, -0.1) is 0 Å². The smallest absolute Gasteiger partial charge is 0.489 e. The quantitative estimate of drug-likeness (QED) is 0.460. The standard InChI is InChI=1S/C20H19F6NO4/c1-12(2)27(17(28)19(21,22)23)10-14(31-18(29)20(24,25)26)11-30-16-9-5-7-13-6-3-4-8-15(13)16/h3-9,12,14H,10-11H2,1-2H3. The zero-order chi connectivity index (χ0) is 23.4. The molecular formula is C20H19F6NO4. The van der Waals surface area contributed by atoms with Crippen LogP contribution in [-0.2, 0) is 14.3 Å². The van der Waals surface area contributed by atoms with E-state index in [1.165, 1.54) is 19.9 Å².